The van der Waals surface area contributed by atoms with Gasteiger partial charge >= 0.3 is 0 Å². The van der Waals surface area contributed by atoms with Crippen LogP contribution in [0.5, 0.6) is 0 Å². The molecular weight excluding hydrogens is 206 g/mol. The van der Waals surface area contributed by atoms with Crippen molar-refractivity contribution in [2.75, 3.05) is 26.4 Å². The first kappa shape index (κ1) is 15.8. The fourth-order valence-corrected chi connectivity index (χ4v) is 1.31. The van der Waals surface area contributed by atoms with E-state index in [4.69, 9.17) is 9.84 Å². The Kier molecular flexibility index (Phi) is 11.2. The summed E-state index contributed by atoms with van der Waals surface area (Å²) in [7, 11) is 0. The molecule has 16 heavy (non-hydrogen) atoms. The molecule has 0 aromatic heterocycles. The van der Waals surface area contributed by atoms with Gasteiger partial charge in [-0.2, -0.15) is 0 Å². The van der Waals surface area contributed by atoms with Gasteiger partial charge in [0.15, 0.2) is 0 Å². The van der Waals surface area contributed by atoms with Crippen molar-refractivity contribution in [3.63, 3.8) is 0 Å². The number of unbranched alkanes of at least 4 members (excludes halogenated alkanes) is 3. The highest BCUT2D eigenvalue weighted by atomic mass is 16.5. The molecule has 0 aliphatic heterocycles. The van der Waals surface area contributed by atoms with Crippen LogP contribution in [0.25, 0.3) is 0 Å². The van der Waals surface area contributed by atoms with Crippen LogP contribution in [0.2, 0.25) is 0 Å². The van der Waals surface area contributed by atoms with Gasteiger partial charge in [-0.25, -0.2) is 0 Å². The Labute approximate surface area is 99.0 Å². The van der Waals surface area contributed by atoms with Gasteiger partial charge in [0.2, 0.25) is 0 Å². The largest absolute Gasteiger partial charge is 0.395 e. The molecule has 0 aromatic carbocycles. The fourth-order valence-electron chi connectivity index (χ4n) is 1.31. The van der Waals surface area contributed by atoms with Crippen molar-refractivity contribution in [3.8, 4) is 0 Å². The van der Waals surface area contributed by atoms with Gasteiger partial charge in [-0.15, -0.1) is 0 Å². The van der Waals surface area contributed by atoms with E-state index in [0.717, 1.165) is 13.0 Å². The molecule has 0 aromatic rings. The summed E-state index contributed by atoms with van der Waals surface area (Å²) in [5, 5.41) is 21.3. The lowest BCUT2D eigenvalue weighted by atomic mass is 10.2. The molecule has 98 valence electrons. The van der Waals surface area contributed by atoms with E-state index in [0.29, 0.717) is 13.2 Å². The Balaban J connectivity index is 3.20. The Hall–Kier alpha value is -0.160. The van der Waals surface area contributed by atoms with Crippen LogP contribution in [0.3, 0.4) is 0 Å². The standard InChI is InChI=1S/C12H27NO3/c1-3-4-5-6-7-16-10-12(15)8-13-11(2)9-14/h11-15H,3-10H2,1-2H3. The van der Waals surface area contributed by atoms with Crippen LogP contribution in [0.15, 0.2) is 0 Å². The van der Waals surface area contributed by atoms with E-state index in [-0.39, 0.29) is 12.6 Å². The molecule has 0 radical (unpaired) electrons. The number of rotatable bonds is 11. The zero-order chi connectivity index (χ0) is 12.2. The van der Waals surface area contributed by atoms with Gasteiger partial charge in [0.25, 0.3) is 0 Å². The Morgan fingerprint density at radius 2 is 2.00 bits per heavy atom. The Morgan fingerprint density at radius 3 is 2.62 bits per heavy atom. The fraction of sp³-hybridized carbons (Fsp3) is 1.00. The van der Waals surface area contributed by atoms with Crippen LogP contribution in [-0.2, 0) is 4.74 Å². The molecule has 0 saturated carbocycles. The number of ether oxygens (including phenoxy) is 1. The molecule has 0 amide bonds. The average Bonchev–Trinajstić information content (AvgIpc) is 2.30. The smallest absolute Gasteiger partial charge is 0.0897 e. The molecular formula is C12H27NO3. The summed E-state index contributed by atoms with van der Waals surface area (Å²) in [5.41, 5.74) is 0. The molecule has 3 N–H and O–H groups in total. The quantitative estimate of drug-likeness (QED) is 0.464. The molecule has 0 rings (SSSR count). The number of aliphatic hydroxyl groups excluding tert-OH is 2. The summed E-state index contributed by atoms with van der Waals surface area (Å²) in [6, 6.07) is 0.0270. The first-order valence-corrected chi connectivity index (χ1v) is 6.30. The lowest BCUT2D eigenvalue weighted by Gasteiger charge is -2.15. The van der Waals surface area contributed by atoms with E-state index >= 15 is 0 Å². The van der Waals surface area contributed by atoms with Gasteiger partial charge in [-0.1, -0.05) is 26.2 Å². The summed E-state index contributed by atoms with van der Waals surface area (Å²) in [6.07, 6.45) is 4.26. The number of nitrogens with one attached hydrogen (secondary N) is 1. The third-order valence-corrected chi connectivity index (χ3v) is 2.43. The van der Waals surface area contributed by atoms with E-state index in [9.17, 15) is 5.11 Å². The minimum Gasteiger partial charge on any atom is -0.395 e. The third-order valence-electron chi connectivity index (χ3n) is 2.43. The van der Waals surface area contributed by atoms with Gasteiger partial charge in [0, 0.05) is 19.2 Å². The maximum atomic E-state index is 9.53. The van der Waals surface area contributed by atoms with Gasteiger partial charge in [-0.05, 0) is 13.3 Å². The minimum atomic E-state index is -0.486. The number of hydrogen-bond acceptors (Lipinski definition) is 4. The van der Waals surface area contributed by atoms with Gasteiger partial charge in [-0.3, -0.25) is 0 Å². The normalized spacial score (nSPS) is 15.0. The second kappa shape index (κ2) is 11.3. The second-order valence-electron chi connectivity index (χ2n) is 4.28. The average molecular weight is 233 g/mol. The van der Waals surface area contributed by atoms with E-state index in [1.165, 1.54) is 19.3 Å². The predicted octanol–water partition coefficient (Wildman–Crippen LogP) is 0.915. The van der Waals surface area contributed by atoms with E-state index in [1.807, 2.05) is 6.92 Å². The first-order chi connectivity index (χ1) is 7.70. The minimum absolute atomic E-state index is 0.0270. The summed E-state index contributed by atoms with van der Waals surface area (Å²) >= 11 is 0. The zero-order valence-electron chi connectivity index (χ0n) is 10.6. The van der Waals surface area contributed by atoms with Crippen molar-refractivity contribution in [1.82, 2.24) is 5.32 Å². The van der Waals surface area contributed by atoms with Crippen LogP contribution in [0.4, 0.5) is 0 Å². The van der Waals surface area contributed by atoms with Crippen LogP contribution in [0, 0.1) is 0 Å². The van der Waals surface area contributed by atoms with Crippen molar-refractivity contribution in [1.29, 1.82) is 0 Å². The van der Waals surface area contributed by atoms with Gasteiger partial charge in [0.1, 0.15) is 0 Å². The Bertz CT molecular complexity index is 144. The molecule has 0 heterocycles. The first-order valence-electron chi connectivity index (χ1n) is 6.30. The van der Waals surface area contributed by atoms with Crippen molar-refractivity contribution in [2.24, 2.45) is 0 Å². The lowest BCUT2D eigenvalue weighted by molar-refractivity contribution is 0.0334. The topological polar surface area (TPSA) is 61.7 Å². The van der Waals surface area contributed by atoms with E-state index in [1.54, 1.807) is 0 Å². The highest BCUT2D eigenvalue weighted by Gasteiger charge is 2.06. The monoisotopic (exact) mass is 233 g/mol. The molecule has 4 nitrogen and oxygen atoms in total. The van der Waals surface area contributed by atoms with Crippen LogP contribution in [-0.4, -0.2) is 48.7 Å². The summed E-state index contributed by atoms with van der Waals surface area (Å²) in [6.45, 7) is 5.71. The molecule has 0 aliphatic rings. The summed E-state index contributed by atoms with van der Waals surface area (Å²) < 4.78 is 5.36. The molecule has 0 fully saturated rings. The second-order valence-corrected chi connectivity index (χ2v) is 4.28. The predicted molar refractivity (Wildman–Crippen MR) is 65.5 cm³/mol. The van der Waals surface area contributed by atoms with Gasteiger partial charge in [0.05, 0.1) is 19.3 Å². The van der Waals surface area contributed by atoms with Crippen molar-refractivity contribution >= 4 is 0 Å². The third kappa shape index (κ3) is 10.4. The molecule has 4 heteroatoms. The number of hydrogen-bond donors (Lipinski definition) is 3. The van der Waals surface area contributed by atoms with Crippen molar-refractivity contribution in [3.05, 3.63) is 0 Å². The van der Waals surface area contributed by atoms with Gasteiger partial charge < -0.3 is 20.3 Å². The zero-order valence-corrected chi connectivity index (χ0v) is 10.6. The highest BCUT2D eigenvalue weighted by molar-refractivity contribution is 4.63. The maximum Gasteiger partial charge on any atom is 0.0897 e. The summed E-state index contributed by atoms with van der Waals surface area (Å²) in [4.78, 5) is 0. The molecule has 2 unspecified atom stereocenters. The molecule has 0 bridgehead atoms. The van der Waals surface area contributed by atoms with Crippen LogP contribution in [0.1, 0.15) is 39.5 Å². The van der Waals surface area contributed by atoms with Crippen LogP contribution >= 0.6 is 0 Å². The molecule has 0 saturated heterocycles. The Morgan fingerprint density at radius 1 is 1.25 bits per heavy atom. The molecule has 0 aliphatic carbocycles. The van der Waals surface area contributed by atoms with E-state index in [2.05, 4.69) is 12.2 Å². The van der Waals surface area contributed by atoms with Crippen molar-refractivity contribution < 1.29 is 14.9 Å². The SMILES string of the molecule is CCCCCCOCC(O)CNC(C)CO. The highest BCUT2D eigenvalue weighted by Crippen LogP contribution is 1.99. The van der Waals surface area contributed by atoms with Crippen LogP contribution < -0.4 is 5.32 Å². The molecule has 0 spiro atoms. The van der Waals surface area contributed by atoms with Crippen molar-refractivity contribution in [2.45, 2.75) is 51.7 Å². The number of aliphatic hydroxyl groups is 2. The molecule has 2 atom stereocenters. The maximum absolute atomic E-state index is 9.53. The lowest BCUT2D eigenvalue weighted by Crippen LogP contribution is -2.37. The summed E-state index contributed by atoms with van der Waals surface area (Å²) in [5.74, 6) is 0. The van der Waals surface area contributed by atoms with E-state index < -0.39 is 6.10 Å².